The van der Waals surface area contributed by atoms with E-state index in [1.165, 1.54) is 5.01 Å². The lowest BCUT2D eigenvalue weighted by atomic mass is 9.82. The van der Waals surface area contributed by atoms with Crippen LogP contribution in [0.1, 0.15) is 55.7 Å². The minimum atomic E-state index is -2.94. The lowest BCUT2D eigenvalue weighted by molar-refractivity contribution is -0.150. The Morgan fingerprint density at radius 1 is 1.00 bits per heavy atom. The Hall–Kier alpha value is -4.16. The van der Waals surface area contributed by atoms with Gasteiger partial charge in [-0.2, -0.15) is 5.10 Å². The highest BCUT2D eigenvalue weighted by Crippen LogP contribution is 2.59. The summed E-state index contributed by atoms with van der Waals surface area (Å²) in [5.74, 6) is -0.773. The summed E-state index contributed by atoms with van der Waals surface area (Å²) in [6.07, 6.45) is 1.96. The summed E-state index contributed by atoms with van der Waals surface area (Å²) in [6, 6.07) is 24.8. The van der Waals surface area contributed by atoms with Gasteiger partial charge in [0.25, 0.3) is 5.91 Å². The average molecular weight is 681 g/mol. The molecule has 0 saturated carbocycles. The highest BCUT2D eigenvalue weighted by molar-refractivity contribution is 6.71. The van der Waals surface area contributed by atoms with E-state index in [0.29, 0.717) is 25.1 Å². The Kier molecular flexibility index (Phi) is 8.81. The highest BCUT2D eigenvalue weighted by Gasteiger charge is 2.66. The largest absolute Gasteiger partial charge is 0.432 e. The van der Waals surface area contributed by atoms with Crippen molar-refractivity contribution in [3.8, 4) is 0 Å². The quantitative estimate of drug-likeness (QED) is 0.325. The molecule has 4 heterocycles. The zero-order valence-electron chi connectivity index (χ0n) is 28.3. The van der Waals surface area contributed by atoms with E-state index >= 15 is 0 Å². The molecule has 2 fully saturated rings. The first kappa shape index (κ1) is 33.3. The minimum absolute atomic E-state index is 0.0465. The van der Waals surface area contributed by atoms with Gasteiger partial charge in [-0.25, -0.2) is 5.01 Å². The van der Waals surface area contributed by atoms with Crippen molar-refractivity contribution in [2.75, 3.05) is 23.1 Å². The molecular formula is C38H44N4O6Si. The first-order chi connectivity index (χ1) is 23.5. The van der Waals surface area contributed by atoms with Crippen LogP contribution in [0.2, 0.25) is 18.6 Å². The van der Waals surface area contributed by atoms with Crippen LogP contribution in [-0.2, 0) is 31.3 Å². The van der Waals surface area contributed by atoms with E-state index < -0.39 is 20.0 Å². The van der Waals surface area contributed by atoms with Crippen LogP contribution < -0.4 is 9.91 Å². The van der Waals surface area contributed by atoms with Crippen LogP contribution in [0.4, 0.5) is 11.4 Å². The molecule has 4 aliphatic rings. The molecule has 7 rings (SSSR count). The second kappa shape index (κ2) is 12.9. The minimum Gasteiger partial charge on any atom is -0.432 e. The van der Waals surface area contributed by atoms with Crippen LogP contribution >= 0.6 is 0 Å². The first-order valence-electron chi connectivity index (χ1n) is 17.3. The molecule has 5 atom stereocenters. The van der Waals surface area contributed by atoms with Crippen molar-refractivity contribution in [2.45, 2.75) is 82.0 Å². The van der Waals surface area contributed by atoms with E-state index in [2.05, 4.69) is 5.10 Å². The number of hydrogen-bond acceptors (Lipinski definition) is 7. The fraction of sp³-hybridized carbons (Fsp3) is 0.421. The number of likely N-dealkylation sites (tertiary alicyclic amines) is 1. The first-order valence-corrected chi connectivity index (χ1v) is 20.3. The lowest BCUT2D eigenvalue weighted by Crippen LogP contribution is -2.46. The average Bonchev–Trinajstić information content (AvgIpc) is 3.76. The highest BCUT2D eigenvalue weighted by atomic mass is 28.4. The summed E-state index contributed by atoms with van der Waals surface area (Å²) in [5, 5.41) is 16.0. The molecule has 2 N–H and O–H groups in total. The number of anilines is 2. The van der Waals surface area contributed by atoms with Gasteiger partial charge in [-0.1, -0.05) is 67.6 Å². The fourth-order valence-corrected chi connectivity index (χ4v) is 11.1. The van der Waals surface area contributed by atoms with Gasteiger partial charge in [0.1, 0.15) is 0 Å². The smallest absolute Gasteiger partial charge is 0.264 e. The number of carbonyl (C=O) groups excluding carboxylic acids is 3. The Bertz CT molecular complexity index is 1780. The van der Waals surface area contributed by atoms with Crippen LogP contribution in [0.25, 0.3) is 0 Å². The fourth-order valence-electron chi connectivity index (χ4n) is 8.55. The number of benzene rings is 3. The maximum Gasteiger partial charge on any atom is 0.264 e. The summed E-state index contributed by atoms with van der Waals surface area (Å²) < 4.78 is 6.84. The summed E-state index contributed by atoms with van der Waals surface area (Å²) in [6.45, 7) is 6.46. The summed E-state index contributed by atoms with van der Waals surface area (Å²) in [7, 11) is -2.94. The van der Waals surface area contributed by atoms with Crippen molar-refractivity contribution in [2.24, 2.45) is 11.0 Å². The normalized spacial score (nSPS) is 26.9. The van der Waals surface area contributed by atoms with Crippen molar-refractivity contribution in [1.29, 1.82) is 0 Å². The van der Waals surface area contributed by atoms with Crippen LogP contribution in [0.15, 0.2) is 84.0 Å². The molecule has 49 heavy (non-hydrogen) atoms. The van der Waals surface area contributed by atoms with Crippen molar-refractivity contribution < 1.29 is 29.0 Å². The Morgan fingerprint density at radius 2 is 1.71 bits per heavy atom. The Labute approximate surface area is 288 Å². The molecule has 3 aromatic carbocycles. The standard InChI is InChI=1S/C38H44N4O6Si/c1-25-36(49(2,3)47)33(22-35(45)40-21-9-12-29(40)24-43)48-38(25)30-13-7-8-14-32(30)41(37(38)46)23-26-15-17-28(18-16-26)42-34(44)20-19-31(39-42)27-10-5-4-6-11-27/h4-8,10-11,13-18,25,29,33,36,43,47H,9,12,19-24H2,1-3H3/t25-,29-,33+,36-,38+/m0/s1. The molecule has 0 unspecified atom stereocenters. The molecule has 256 valence electrons. The van der Waals surface area contributed by atoms with Crippen molar-refractivity contribution >= 4 is 43.1 Å². The zero-order valence-corrected chi connectivity index (χ0v) is 29.3. The van der Waals surface area contributed by atoms with Crippen molar-refractivity contribution in [3.63, 3.8) is 0 Å². The molecule has 2 saturated heterocycles. The van der Waals surface area contributed by atoms with Gasteiger partial charge in [0.2, 0.25) is 11.8 Å². The van der Waals surface area contributed by atoms with Gasteiger partial charge in [0.05, 0.1) is 48.8 Å². The number of para-hydroxylation sites is 1. The SMILES string of the molecule is C[C@H]1[C@H]([Si](C)(C)O)[C@@H](CC(=O)N2CCC[C@H]2CO)O[C@]12C(=O)N(Cc1ccc(N3N=C(c4ccccc4)CCC3=O)cc1)c1ccccc12. The Balaban J connectivity index is 1.16. The van der Waals surface area contributed by atoms with Gasteiger partial charge in [-0.3, -0.25) is 14.4 Å². The van der Waals surface area contributed by atoms with Crippen molar-refractivity contribution in [1.82, 2.24) is 4.90 Å². The molecule has 0 bridgehead atoms. The van der Waals surface area contributed by atoms with E-state index in [9.17, 15) is 24.3 Å². The third-order valence-electron chi connectivity index (χ3n) is 10.8. The van der Waals surface area contributed by atoms with Gasteiger partial charge >= 0.3 is 0 Å². The van der Waals surface area contributed by atoms with Crippen molar-refractivity contribution in [3.05, 3.63) is 95.6 Å². The molecule has 3 amide bonds. The molecule has 0 radical (unpaired) electrons. The van der Waals surface area contributed by atoms with Gasteiger partial charge in [-0.15, -0.1) is 0 Å². The number of aliphatic hydroxyl groups excluding tert-OH is 1. The predicted octanol–water partition coefficient (Wildman–Crippen LogP) is 4.94. The number of fused-ring (bicyclic) bond motifs is 2. The molecule has 4 aliphatic heterocycles. The second-order valence-electron chi connectivity index (χ2n) is 14.3. The van der Waals surface area contributed by atoms with Gasteiger partial charge < -0.3 is 24.4 Å². The van der Waals surface area contributed by atoms with Gasteiger partial charge in [-0.05, 0) is 55.3 Å². The molecule has 3 aromatic rings. The second-order valence-corrected chi connectivity index (χ2v) is 18.3. The summed E-state index contributed by atoms with van der Waals surface area (Å²) in [5.41, 5.74) is 3.16. The predicted molar refractivity (Wildman–Crippen MR) is 189 cm³/mol. The zero-order chi connectivity index (χ0) is 34.5. The third-order valence-corrected chi connectivity index (χ3v) is 13.3. The topological polar surface area (TPSA) is 123 Å². The summed E-state index contributed by atoms with van der Waals surface area (Å²) >= 11 is 0. The van der Waals surface area contributed by atoms with E-state index in [4.69, 9.17) is 4.74 Å². The molecule has 0 aromatic heterocycles. The molecule has 10 nitrogen and oxygen atoms in total. The van der Waals surface area contributed by atoms with Crippen LogP contribution in [0.5, 0.6) is 0 Å². The number of ether oxygens (including phenoxy) is 1. The van der Waals surface area contributed by atoms with Crippen LogP contribution in [0.3, 0.4) is 0 Å². The number of carbonyl (C=O) groups is 3. The maximum atomic E-state index is 14.7. The molecule has 0 aliphatic carbocycles. The monoisotopic (exact) mass is 680 g/mol. The third kappa shape index (κ3) is 5.82. The lowest BCUT2D eigenvalue weighted by Gasteiger charge is -2.32. The number of hydrazone groups is 1. The number of amides is 3. The Morgan fingerprint density at radius 3 is 2.43 bits per heavy atom. The number of aliphatic hydroxyl groups is 1. The number of rotatable bonds is 8. The molecule has 11 heteroatoms. The number of nitrogens with zero attached hydrogens (tertiary/aromatic N) is 4. The van der Waals surface area contributed by atoms with Crippen LogP contribution in [-0.4, -0.2) is 71.9 Å². The van der Waals surface area contributed by atoms with Gasteiger partial charge in [0, 0.05) is 36.4 Å². The summed E-state index contributed by atoms with van der Waals surface area (Å²) in [4.78, 5) is 56.2. The van der Waals surface area contributed by atoms with Crippen LogP contribution in [0, 0.1) is 5.92 Å². The van der Waals surface area contributed by atoms with E-state index in [-0.39, 0.29) is 54.8 Å². The number of hydrogen-bond donors (Lipinski definition) is 2. The van der Waals surface area contributed by atoms with Gasteiger partial charge in [0.15, 0.2) is 13.9 Å². The molecule has 1 spiro atoms. The maximum absolute atomic E-state index is 14.7. The van der Waals surface area contributed by atoms with E-state index in [1.807, 2.05) is 98.9 Å². The molecular weight excluding hydrogens is 637 g/mol. The van der Waals surface area contributed by atoms with E-state index in [1.54, 1.807) is 9.80 Å². The van der Waals surface area contributed by atoms with E-state index in [0.717, 1.165) is 40.9 Å².